The number of methoxy groups -OCH3 is 2. The number of nitrogens with zero attached hydrogens (tertiary/aromatic N) is 3. The molecule has 0 aliphatic rings. The second-order valence-corrected chi connectivity index (χ2v) is 7.33. The van der Waals surface area contributed by atoms with Crippen LogP contribution in [-0.4, -0.2) is 43.4 Å². The van der Waals surface area contributed by atoms with E-state index in [0.717, 1.165) is 36.6 Å². The fourth-order valence-corrected chi connectivity index (χ4v) is 2.48. The molecule has 2 aromatic rings. The summed E-state index contributed by atoms with van der Waals surface area (Å²) in [4.78, 5) is 8.95. The molecule has 8 nitrogen and oxygen atoms in total. The Morgan fingerprint density at radius 2 is 1.86 bits per heavy atom. The van der Waals surface area contributed by atoms with E-state index in [0.29, 0.717) is 24.2 Å². The molecular weight excluding hydrogens is 485 g/mol. The van der Waals surface area contributed by atoms with Crippen LogP contribution >= 0.6 is 24.0 Å². The van der Waals surface area contributed by atoms with Gasteiger partial charge in [0.2, 0.25) is 5.89 Å². The summed E-state index contributed by atoms with van der Waals surface area (Å²) in [5.41, 5.74) is 0.978. The predicted molar refractivity (Wildman–Crippen MR) is 124 cm³/mol. The lowest BCUT2D eigenvalue weighted by Gasteiger charge is -2.12. The number of ether oxygens (including phenoxy) is 2. The zero-order valence-electron chi connectivity index (χ0n) is 18.0. The molecule has 0 fully saturated rings. The standard InChI is InChI=1S/C20H31N5O3.HI/c1-7-21-19(23-13-17-24-18(28-25-17)20(2,3)4)22-11-10-14-8-9-15(26-5)16(12-14)27-6;/h8-9,12H,7,10-11,13H2,1-6H3,(H2,21,22,23);1H. The molecular formula is C20H32IN5O3. The predicted octanol–water partition coefficient (Wildman–Crippen LogP) is 3.30. The Balaban J connectivity index is 0.00000420. The Morgan fingerprint density at radius 1 is 1.14 bits per heavy atom. The van der Waals surface area contributed by atoms with Gasteiger partial charge >= 0.3 is 0 Å². The molecule has 2 rings (SSSR count). The van der Waals surface area contributed by atoms with Crippen molar-refractivity contribution in [3.8, 4) is 11.5 Å². The van der Waals surface area contributed by atoms with Crippen LogP contribution in [0.3, 0.4) is 0 Å². The molecule has 1 aromatic carbocycles. The van der Waals surface area contributed by atoms with E-state index in [1.807, 2.05) is 45.9 Å². The van der Waals surface area contributed by atoms with Gasteiger partial charge in [-0.3, -0.25) is 0 Å². The first-order valence-corrected chi connectivity index (χ1v) is 9.43. The van der Waals surface area contributed by atoms with Gasteiger partial charge in [0.05, 0.1) is 14.2 Å². The first-order chi connectivity index (χ1) is 13.4. The van der Waals surface area contributed by atoms with Crippen molar-refractivity contribution in [2.45, 2.75) is 46.1 Å². The SMILES string of the molecule is CCNC(=NCc1noc(C(C)(C)C)n1)NCCc1ccc(OC)c(OC)c1.I. The van der Waals surface area contributed by atoms with E-state index < -0.39 is 0 Å². The van der Waals surface area contributed by atoms with Crippen molar-refractivity contribution in [1.82, 2.24) is 20.8 Å². The molecule has 1 aromatic heterocycles. The Kier molecular flexibility index (Phi) is 10.2. The van der Waals surface area contributed by atoms with Gasteiger partial charge in [-0.2, -0.15) is 4.98 Å². The van der Waals surface area contributed by atoms with Gasteiger partial charge in [-0.15, -0.1) is 24.0 Å². The number of aromatic nitrogens is 2. The summed E-state index contributed by atoms with van der Waals surface area (Å²) < 4.78 is 15.9. The highest BCUT2D eigenvalue weighted by Crippen LogP contribution is 2.27. The van der Waals surface area contributed by atoms with Crippen molar-refractivity contribution in [1.29, 1.82) is 0 Å². The minimum absolute atomic E-state index is 0. The van der Waals surface area contributed by atoms with Crippen LogP contribution in [0.15, 0.2) is 27.7 Å². The molecule has 162 valence electrons. The first-order valence-electron chi connectivity index (χ1n) is 9.43. The average molecular weight is 517 g/mol. The summed E-state index contributed by atoms with van der Waals surface area (Å²) in [7, 11) is 3.27. The number of nitrogens with one attached hydrogen (secondary N) is 2. The zero-order valence-corrected chi connectivity index (χ0v) is 20.4. The van der Waals surface area contributed by atoms with E-state index >= 15 is 0 Å². The quantitative estimate of drug-likeness (QED) is 0.315. The lowest BCUT2D eigenvalue weighted by molar-refractivity contribution is 0.318. The third-order valence-corrected chi connectivity index (χ3v) is 3.99. The second-order valence-electron chi connectivity index (χ2n) is 7.33. The highest BCUT2D eigenvalue weighted by atomic mass is 127. The van der Waals surface area contributed by atoms with E-state index in [9.17, 15) is 0 Å². The van der Waals surface area contributed by atoms with Gasteiger partial charge in [0, 0.05) is 18.5 Å². The van der Waals surface area contributed by atoms with Crippen LogP contribution in [0.4, 0.5) is 0 Å². The molecule has 0 aliphatic carbocycles. The normalized spacial score (nSPS) is 11.6. The van der Waals surface area contributed by atoms with Crippen LogP contribution < -0.4 is 20.1 Å². The van der Waals surface area contributed by atoms with Crippen LogP contribution in [0.25, 0.3) is 0 Å². The van der Waals surface area contributed by atoms with Crippen molar-refractivity contribution in [2.75, 3.05) is 27.3 Å². The highest BCUT2D eigenvalue weighted by molar-refractivity contribution is 14.0. The molecule has 2 N–H and O–H groups in total. The van der Waals surface area contributed by atoms with Crippen molar-refractivity contribution < 1.29 is 14.0 Å². The Labute approximate surface area is 189 Å². The van der Waals surface area contributed by atoms with Crippen LogP contribution in [0.1, 0.15) is 45.0 Å². The van der Waals surface area contributed by atoms with E-state index in [2.05, 4.69) is 25.8 Å². The van der Waals surface area contributed by atoms with Crippen molar-refractivity contribution in [3.63, 3.8) is 0 Å². The summed E-state index contributed by atoms with van der Waals surface area (Å²) in [5.74, 6) is 3.35. The van der Waals surface area contributed by atoms with E-state index in [-0.39, 0.29) is 29.4 Å². The maximum atomic E-state index is 5.35. The largest absolute Gasteiger partial charge is 0.493 e. The number of guanidine groups is 1. The maximum Gasteiger partial charge on any atom is 0.232 e. The lowest BCUT2D eigenvalue weighted by Crippen LogP contribution is -2.38. The monoisotopic (exact) mass is 517 g/mol. The summed E-state index contributed by atoms with van der Waals surface area (Å²) in [5, 5.41) is 10.6. The van der Waals surface area contributed by atoms with Gasteiger partial charge in [0.25, 0.3) is 0 Å². The Morgan fingerprint density at radius 3 is 2.45 bits per heavy atom. The summed E-state index contributed by atoms with van der Waals surface area (Å²) >= 11 is 0. The topological polar surface area (TPSA) is 93.8 Å². The van der Waals surface area contributed by atoms with Crippen LogP contribution in [0.2, 0.25) is 0 Å². The number of rotatable bonds is 8. The first kappa shape index (κ1) is 25.0. The molecule has 0 saturated heterocycles. The average Bonchev–Trinajstić information content (AvgIpc) is 3.15. The van der Waals surface area contributed by atoms with E-state index in [4.69, 9.17) is 14.0 Å². The number of benzene rings is 1. The van der Waals surface area contributed by atoms with Crippen molar-refractivity contribution >= 4 is 29.9 Å². The van der Waals surface area contributed by atoms with E-state index in [1.54, 1.807) is 14.2 Å². The molecule has 0 spiro atoms. The smallest absolute Gasteiger partial charge is 0.232 e. The maximum absolute atomic E-state index is 5.35. The molecule has 0 amide bonds. The van der Waals surface area contributed by atoms with Gasteiger partial charge in [-0.05, 0) is 31.0 Å². The van der Waals surface area contributed by atoms with Gasteiger partial charge in [0.15, 0.2) is 23.3 Å². The molecule has 0 aliphatic heterocycles. The number of halogens is 1. The minimum Gasteiger partial charge on any atom is -0.493 e. The third-order valence-electron chi connectivity index (χ3n) is 3.99. The van der Waals surface area contributed by atoms with Crippen LogP contribution in [-0.2, 0) is 18.4 Å². The molecule has 0 saturated carbocycles. The van der Waals surface area contributed by atoms with Crippen molar-refractivity contribution in [3.05, 3.63) is 35.5 Å². The fourth-order valence-electron chi connectivity index (χ4n) is 2.48. The van der Waals surface area contributed by atoms with Crippen LogP contribution in [0, 0.1) is 0 Å². The summed E-state index contributed by atoms with van der Waals surface area (Å²) in [6.45, 7) is 9.97. The number of hydrogen-bond acceptors (Lipinski definition) is 6. The Hall–Kier alpha value is -2.04. The van der Waals surface area contributed by atoms with Gasteiger partial charge in [0.1, 0.15) is 6.54 Å². The van der Waals surface area contributed by atoms with Crippen LogP contribution in [0.5, 0.6) is 11.5 Å². The molecule has 1 heterocycles. The van der Waals surface area contributed by atoms with Gasteiger partial charge in [-0.1, -0.05) is 32.0 Å². The molecule has 0 radical (unpaired) electrons. The summed E-state index contributed by atoms with van der Waals surface area (Å²) in [6, 6.07) is 5.93. The number of aliphatic imine (C=N–C) groups is 1. The lowest BCUT2D eigenvalue weighted by atomic mass is 9.97. The molecule has 0 bridgehead atoms. The molecule has 0 atom stereocenters. The molecule has 9 heteroatoms. The minimum atomic E-state index is -0.170. The number of hydrogen-bond donors (Lipinski definition) is 2. The summed E-state index contributed by atoms with van der Waals surface area (Å²) in [6.07, 6.45) is 0.821. The molecule has 0 unspecified atom stereocenters. The van der Waals surface area contributed by atoms with Gasteiger partial charge < -0.3 is 24.6 Å². The van der Waals surface area contributed by atoms with Crippen molar-refractivity contribution in [2.24, 2.45) is 4.99 Å². The third kappa shape index (κ3) is 7.71. The zero-order chi connectivity index (χ0) is 20.6. The highest BCUT2D eigenvalue weighted by Gasteiger charge is 2.21. The Bertz CT molecular complexity index is 787. The fraction of sp³-hybridized carbons (Fsp3) is 0.550. The second kappa shape index (κ2) is 11.8. The van der Waals surface area contributed by atoms with Gasteiger partial charge in [-0.25, -0.2) is 4.99 Å². The molecule has 29 heavy (non-hydrogen) atoms. The van der Waals surface area contributed by atoms with E-state index in [1.165, 1.54) is 0 Å².